The SMILES string of the molecule is CCC(C)(C#N)C(=O)N1CCC[C@@H]1Cn1nc(-c2ccc(Oc3ccccc3)cc2F)c2c(N)ncnc21. The van der Waals surface area contributed by atoms with Gasteiger partial charge in [-0.15, -0.1) is 0 Å². The molecule has 2 N–H and O–H groups in total. The summed E-state index contributed by atoms with van der Waals surface area (Å²) in [6.07, 6.45) is 3.35. The number of nitrogens with two attached hydrogens (primary N) is 1. The normalized spacial score (nSPS) is 16.8. The highest BCUT2D eigenvalue weighted by Crippen LogP contribution is 2.35. The first-order valence-electron chi connectivity index (χ1n) is 12.6. The van der Waals surface area contributed by atoms with Crippen LogP contribution >= 0.6 is 0 Å². The molecule has 3 heterocycles. The maximum Gasteiger partial charge on any atom is 0.243 e. The summed E-state index contributed by atoms with van der Waals surface area (Å²) in [6.45, 7) is 4.42. The molecule has 0 bridgehead atoms. The van der Waals surface area contributed by atoms with Gasteiger partial charge in [-0.25, -0.2) is 19.0 Å². The first-order chi connectivity index (χ1) is 18.3. The zero-order valence-corrected chi connectivity index (χ0v) is 21.3. The highest BCUT2D eigenvalue weighted by atomic mass is 19.1. The minimum absolute atomic E-state index is 0.180. The minimum atomic E-state index is -1.08. The number of aromatic nitrogens is 4. The fourth-order valence-electron chi connectivity index (χ4n) is 4.81. The third-order valence-electron chi connectivity index (χ3n) is 7.18. The standard InChI is InChI=1S/C28H28FN7O2/c1-3-28(2,16-30)27(37)35-13-7-8-18(35)15-36-26-23(25(31)32-17-33-26)24(34-36)21-12-11-20(14-22(21)29)38-19-9-5-4-6-10-19/h4-6,9-12,14,17-18H,3,7-8,13,15H2,1-2H3,(H2,31,32,33)/t18-,28?/m1/s1. The number of hydrogen-bond donors (Lipinski definition) is 1. The number of para-hydroxylation sites is 1. The van der Waals surface area contributed by atoms with E-state index in [9.17, 15) is 10.1 Å². The van der Waals surface area contributed by atoms with Crippen molar-refractivity contribution in [3.05, 3.63) is 60.7 Å². The summed E-state index contributed by atoms with van der Waals surface area (Å²) in [5.41, 5.74) is 6.13. The second kappa shape index (κ2) is 10.1. The summed E-state index contributed by atoms with van der Waals surface area (Å²) in [7, 11) is 0. The number of carbonyl (C=O) groups excluding carboxylic acids is 1. The number of anilines is 1. The van der Waals surface area contributed by atoms with E-state index in [1.165, 1.54) is 12.4 Å². The first-order valence-corrected chi connectivity index (χ1v) is 12.6. The molecular weight excluding hydrogens is 485 g/mol. The van der Waals surface area contributed by atoms with E-state index in [4.69, 9.17) is 15.6 Å². The molecule has 1 unspecified atom stereocenters. The van der Waals surface area contributed by atoms with Crippen molar-refractivity contribution in [2.75, 3.05) is 12.3 Å². The van der Waals surface area contributed by atoms with Crippen molar-refractivity contribution in [3.63, 3.8) is 0 Å². The highest BCUT2D eigenvalue weighted by Gasteiger charge is 2.40. The number of halogens is 1. The second-order valence-corrected chi connectivity index (χ2v) is 9.64. The molecule has 1 saturated heterocycles. The van der Waals surface area contributed by atoms with Crippen LogP contribution in [0.25, 0.3) is 22.3 Å². The summed E-state index contributed by atoms with van der Waals surface area (Å²) < 4.78 is 22.8. The van der Waals surface area contributed by atoms with Crippen LogP contribution in [0.1, 0.15) is 33.1 Å². The quantitative estimate of drug-likeness (QED) is 0.371. The molecule has 1 aliphatic heterocycles. The molecule has 2 aromatic heterocycles. The fourth-order valence-corrected chi connectivity index (χ4v) is 4.81. The van der Waals surface area contributed by atoms with Crippen LogP contribution in [-0.2, 0) is 11.3 Å². The van der Waals surface area contributed by atoms with Gasteiger partial charge < -0.3 is 15.4 Å². The van der Waals surface area contributed by atoms with Crippen molar-refractivity contribution in [1.29, 1.82) is 5.26 Å². The number of fused-ring (bicyclic) bond motifs is 1. The van der Waals surface area contributed by atoms with E-state index in [0.29, 0.717) is 47.7 Å². The first kappa shape index (κ1) is 25.1. The van der Waals surface area contributed by atoms with E-state index in [0.717, 1.165) is 12.8 Å². The van der Waals surface area contributed by atoms with Gasteiger partial charge in [-0.2, -0.15) is 10.4 Å². The maximum atomic E-state index is 15.4. The van der Waals surface area contributed by atoms with Crippen molar-refractivity contribution in [1.82, 2.24) is 24.6 Å². The van der Waals surface area contributed by atoms with E-state index < -0.39 is 11.2 Å². The van der Waals surface area contributed by atoms with Crippen molar-refractivity contribution < 1.29 is 13.9 Å². The lowest BCUT2D eigenvalue weighted by molar-refractivity contribution is -0.139. The molecule has 1 aliphatic rings. The number of nitrogens with zero attached hydrogens (tertiary/aromatic N) is 6. The van der Waals surface area contributed by atoms with Gasteiger partial charge in [0.25, 0.3) is 0 Å². The van der Waals surface area contributed by atoms with Crippen LogP contribution in [0, 0.1) is 22.6 Å². The van der Waals surface area contributed by atoms with Gasteiger partial charge in [0.1, 0.15) is 40.6 Å². The minimum Gasteiger partial charge on any atom is -0.457 e. The number of nitrogen functional groups attached to an aromatic ring is 1. The summed E-state index contributed by atoms with van der Waals surface area (Å²) in [5.74, 6) is 0.414. The topological polar surface area (TPSA) is 123 Å². The largest absolute Gasteiger partial charge is 0.457 e. The lowest BCUT2D eigenvalue weighted by atomic mass is 9.87. The Bertz CT molecular complexity index is 1530. The lowest BCUT2D eigenvalue weighted by Gasteiger charge is -2.30. The van der Waals surface area contributed by atoms with Crippen molar-refractivity contribution in [2.24, 2.45) is 5.41 Å². The number of amides is 1. The third-order valence-corrected chi connectivity index (χ3v) is 7.18. The number of carbonyl (C=O) groups is 1. The van der Waals surface area contributed by atoms with Crippen LogP contribution in [0.2, 0.25) is 0 Å². The van der Waals surface area contributed by atoms with Crippen LogP contribution in [0.5, 0.6) is 11.5 Å². The number of benzene rings is 2. The van der Waals surface area contributed by atoms with E-state index >= 15 is 4.39 Å². The summed E-state index contributed by atoms with van der Waals surface area (Å²) in [6, 6.07) is 15.7. The predicted molar refractivity (Wildman–Crippen MR) is 140 cm³/mol. The van der Waals surface area contributed by atoms with Crippen molar-refractivity contribution in [3.8, 4) is 28.8 Å². The zero-order chi connectivity index (χ0) is 26.9. The molecule has 0 radical (unpaired) electrons. The monoisotopic (exact) mass is 513 g/mol. The number of rotatable bonds is 7. The maximum absolute atomic E-state index is 15.4. The molecule has 0 spiro atoms. The van der Waals surface area contributed by atoms with Crippen molar-refractivity contribution >= 4 is 22.8 Å². The second-order valence-electron chi connectivity index (χ2n) is 9.64. The zero-order valence-electron chi connectivity index (χ0n) is 21.3. The molecule has 5 rings (SSSR count). The van der Waals surface area contributed by atoms with Crippen molar-refractivity contribution in [2.45, 2.75) is 45.7 Å². The molecule has 10 heteroatoms. The number of hydrogen-bond acceptors (Lipinski definition) is 7. The van der Waals surface area contributed by atoms with Crippen LogP contribution in [-0.4, -0.2) is 43.1 Å². The van der Waals surface area contributed by atoms with Gasteiger partial charge in [0.05, 0.1) is 24.0 Å². The number of likely N-dealkylation sites (tertiary alicyclic amines) is 1. The molecule has 1 amide bonds. The Labute approximate surface area is 219 Å². The third kappa shape index (κ3) is 4.52. The summed E-state index contributed by atoms with van der Waals surface area (Å²) in [4.78, 5) is 23.5. The molecule has 38 heavy (non-hydrogen) atoms. The summed E-state index contributed by atoms with van der Waals surface area (Å²) >= 11 is 0. The Kier molecular flexibility index (Phi) is 6.68. The molecule has 0 aliphatic carbocycles. The van der Waals surface area contributed by atoms with E-state index in [-0.39, 0.29) is 23.3 Å². The van der Waals surface area contributed by atoms with Gasteiger partial charge in [-0.05, 0) is 50.5 Å². The van der Waals surface area contributed by atoms with E-state index in [1.807, 2.05) is 25.1 Å². The van der Waals surface area contributed by atoms with Crippen LogP contribution < -0.4 is 10.5 Å². The van der Waals surface area contributed by atoms with Gasteiger partial charge in [0.2, 0.25) is 5.91 Å². The van der Waals surface area contributed by atoms with Crippen LogP contribution in [0.15, 0.2) is 54.9 Å². The van der Waals surface area contributed by atoms with E-state index in [1.54, 1.807) is 40.8 Å². The van der Waals surface area contributed by atoms with Gasteiger partial charge in [-0.1, -0.05) is 25.1 Å². The van der Waals surface area contributed by atoms with Gasteiger partial charge in [0.15, 0.2) is 5.65 Å². The fraction of sp³-hybridized carbons (Fsp3) is 0.321. The smallest absolute Gasteiger partial charge is 0.243 e. The molecule has 2 aromatic carbocycles. The molecule has 9 nitrogen and oxygen atoms in total. The van der Waals surface area contributed by atoms with Gasteiger partial charge in [-0.3, -0.25) is 4.79 Å². The Morgan fingerprint density at radius 3 is 2.74 bits per heavy atom. The Balaban J connectivity index is 1.49. The average Bonchev–Trinajstić information content (AvgIpc) is 3.54. The van der Waals surface area contributed by atoms with Crippen LogP contribution in [0.3, 0.4) is 0 Å². The number of ether oxygens (including phenoxy) is 1. The Morgan fingerprint density at radius 2 is 2.03 bits per heavy atom. The van der Waals surface area contributed by atoms with Crippen LogP contribution in [0.4, 0.5) is 10.2 Å². The van der Waals surface area contributed by atoms with Gasteiger partial charge in [0, 0.05) is 18.2 Å². The number of nitriles is 1. The molecule has 2 atom stereocenters. The molecule has 4 aromatic rings. The average molecular weight is 514 g/mol. The molecule has 0 saturated carbocycles. The highest BCUT2D eigenvalue weighted by molar-refractivity contribution is 5.98. The molecule has 194 valence electrons. The molecule has 1 fully saturated rings. The van der Waals surface area contributed by atoms with E-state index in [2.05, 4.69) is 16.0 Å². The molecular formula is C28H28FN7O2. The lowest BCUT2D eigenvalue weighted by Crippen LogP contribution is -2.45. The summed E-state index contributed by atoms with van der Waals surface area (Å²) in [5, 5.41) is 14.8. The van der Waals surface area contributed by atoms with Gasteiger partial charge >= 0.3 is 0 Å². The predicted octanol–water partition coefficient (Wildman–Crippen LogP) is 4.94. The Hall–Kier alpha value is -4.52. The Morgan fingerprint density at radius 1 is 1.24 bits per heavy atom.